The molecule has 0 aliphatic carbocycles. The first-order chi connectivity index (χ1) is 26.2. The molecule has 0 spiro atoms. The smallest absolute Gasteiger partial charge is 0.307 e. The normalized spacial score (nSPS) is 10.4. The molecule has 13 nitrogen and oxygen atoms in total. The molecule has 0 rings (SSSR count). The molecule has 0 heterocycles. The summed E-state index contributed by atoms with van der Waals surface area (Å²) >= 11 is 0. The molecule has 0 atom stereocenters. The number of unbranched alkanes of at least 4 members (excludes halogenated alkanes) is 1. The molecule has 0 unspecified atom stereocenters. The number of carbonyl (C=O) groups is 5. The van der Waals surface area contributed by atoms with Gasteiger partial charge < -0.3 is 38.4 Å². The number of rotatable bonds is 34. The third-order valence-electron chi connectivity index (χ3n) is 7.71. The van der Waals surface area contributed by atoms with Crippen LogP contribution in [0.2, 0.25) is 0 Å². The second kappa shape index (κ2) is 35.3. The van der Waals surface area contributed by atoms with E-state index in [4.69, 9.17) is 49.4 Å². The zero-order valence-electron chi connectivity index (χ0n) is 31.9. The van der Waals surface area contributed by atoms with Gasteiger partial charge in [-0.05, 0) is 45.4 Å². The third-order valence-corrected chi connectivity index (χ3v) is 7.71. The fourth-order valence-corrected chi connectivity index (χ4v) is 4.85. The Balaban J connectivity index is 5.37. The van der Waals surface area contributed by atoms with E-state index in [1.165, 1.54) is 6.08 Å². The molecule has 0 radical (unpaired) electrons. The van der Waals surface area contributed by atoms with Gasteiger partial charge in [-0.25, -0.2) is 0 Å². The van der Waals surface area contributed by atoms with Crippen LogP contribution in [-0.2, 0) is 47.7 Å². The summed E-state index contributed by atoms with van der Waals surface area (Å²) in [5.74, 6) is 7.92. The van der Waals surface area contributed by atoms with Crippen LogP contribution in [0.1, 0.15) is 77.0 Å². The molecule has 13 heteroatoms. The molecule has 0 aromatic heterocycles. The van der Waals surface area contributed by atoms with Crippen LogP contribution < -0.4 is 0 Å². The summed E-state index contributed by atoms with van der Waals surface area (Å²) in [6, 6.07) is 0. The van der Waals surface area contributed by atoms with Gasteiger partial charge in [0.2, 0.25) is 0 Å². The first-order valence-electron chi connectivity index (χ1n) is 18.5. The maximum absolute atomic E-state index is 12.3. The molecule has 0 saturated carbocycles. The second-order valence-corrected chi connectivity index (χ2v) is 12.0. The van der Waals surface area contributed by atoms with E-state index in [-0.39, 0.29) is 95.0 Å². The van der Waals surface area contributed by atoms with Gasteiger partial charge in [0.05, 0.1) is 32.1 Å². The van der Waals surface area contributed by atoms with Gasteiger partial charge in [-0.2, -0.15) is 0 Å². The molecule has 0 bridgehead atoms. The van der Waals surface area contributed by atoms with Crippen LogP contribution in [0.5, 0.6) is 0 Å². The number of esters is 5. The number of carbonyl (C=O) groups excluding carboxylic acids is 5. The minimum absolute atomic E-state index is 0.134. The summed E-state index contributed by atoms with van der Waals surface area (Å²) in [5.41, 5.74) is 0. The van der Waals surface area contributed by atoms with Crippen LogP contribution in [-0.4, -0.2) is 136 Å². The highest BCUT2D eigenvalue weighted by molar-refractivity contribution is 5.71. The van der Waals surface area contributed by atoms with Gasteiger partial charge in [-0.3, -0.25) is 24.0 Å². The Labute approximate surface area is 322 Å². The molecule has 298 valence electrons. The fraction of sp³-hybridized carbons (Fsp3) is 0.634. The predicted molar refractivity (Wildman–Crippen MR) is 205 cm³/mol. The summed E-state index contributed by atoms with van der Waals surface area (Å²) in [6.07, 6.45) is 26.8. The molecular formula is C41H59N3O10. The quantitative estimate of drug-likeness (QED) is 0.0313. The monoisotopic (exact) mass is 753 g/mol. The number of hydrogen-bond donors (Lipinski definition) is 0. The minimum atomic E-state index is -0.373. The number of terminal acetylenes is 4. The predicted octanol–water partition coefficient (Wildman–Crippen LogP) is 3.01. The molecule has 0 aliphatic rings. The van der Waals surface area contributed by atoms with E-state index in [0.717, 1.165) is 12.8 Å². The Morgan fingerprint density at radius 2 is 0.685 bits per heavy atom. The van der Waals surface area contributed by atoms with Crippen molar-refractivity contribution in [3.05, 3.63) is 12.7 Å². The van der Waals surface area contributed by atoms with Crippen molar-refractivity contribution in [2.24, 2.45) is 0 Å². The Bertz CT molecular complexity index is 1200. The van der Waals surface area contributed by atoms with E-state index in [2.05, 4.69) is 35.2 Å². The number of nitrogens with zero attached hydrogens (tertiary/aromatic N) is 3. The van der Waals surface area contributed by atoms with Crippen molar-refractivity contribution in [1.29, 1.82) is 0 Å². The molecule has 0 aliphatic heterocycles. The zero-order chi connectivity index (χ0) is 40.1. The summed E-state index contributed by atoms with van der Waals surface area (Å²) < 4.78 is 25.9. The summed E-state index contributed by atoms with van der Waals surface area (Å²) in [4.78, 5) is 67.4. The van der Waals surface area contributed by atoms with Crippen LogP contribution in [0, 0.1) is 49.4 Å². The van der Waals surface area contributed by atoms with Gasteiger partial charge >= 0.3 is 29.8 Å². The topological polar surface area (TPSA) is 141 Å². The molecule has 54 heavy (non-hydrogen) atoms. The van der Waals surface area contributed by atoms with Crippen LogP contribution >= 0.6 is 0 Å². The first kappa shape index (κ1) is 49.2. The lowest BCUT2D eigenvalue weighted by atomic mass is 10.2. The molecule has 0 aromatic carbocycles. The molecule has 0 aromatic rings. The van der Waals surface area contributed by atoms with Gasteiger partial charge in [-0.1, -0.05) is 12.7 Å². The molecular weight excluding hydrogens is 694 g/mol. The maximum Gasteiger partial charge on any atom is 0.307 e. The van der Waals surface area contributed by atoms with Crippen molar-refractivity contribution < 1.29 is 47.7 Å². The maximum atomic E-state index is 12.3. The van der Waals surface area contributed by atoms with Crippen molar-refractivity contribution in [1.82, 2.24) is 14.7 Å². The van der Waals surface area contributed by atoms with E-state index >= 15 is 0 Å². The van der Waals surface area contributed by atoms with E-state index in [1.807, 2.05) is 9.80 Å². The van der Waals surface area contributed by atoms with Crippen LogP contribution in [0.25, 0.3) is 0 Å². The summed E-state index contributed by atoms with van der Waals surface area (Å²) in [7, 11) is 0. The van der Waals surface area contributed by atoms with Crippen LogP contribution in [0.3, 0.4) is 0 Å². The lowest BCUT2D eigenvalue weighted by molar-refractivity contribution is -0.145. The Morgan fingerprint density at radius 3 is 0.963 bits per heavy atom. The molecule has 0 fully saturated rings. The van der Waals surface area contributed by atoms with E-state index in [1.54, 1.807) is 0 Å². The zero-order valence-corrected chi connectivity index (χ0v) is 31.9. The highest BCUT2D eigenvalue weighted by Gasteiger charge is 2.16. The van der Waals surface area contributed by atoms with E-state index < -0.39 is 0 Å². The highest BCUT2D eigenvalue weighted by atomic mass is 16.5. The van der Waals surface area contributed by atoms with Crippen molar-refractivity contribution in [3.63, 3.8) is 0 Å². The van der Waals surface area contributed by atoms with Crippen LogP contribution in [0.15, 0.2) is 12.7 Å². The largest absolute Gasteiger partial charge is 0.465 e. The second-order valence-electron chi connectivity index (χ2n) is 12.0. The average molecular weight is 754 g/mol. The SMILES string of the molecule is C#CCCOC(=O)CCN(CCCCN(CCCN(CCC(=O)OCCC#C)CCC(=O)OCCC#C)CCC(=O)OCC=C)CCC(=O)OCCC#C. The molecule has 0 amide bonds. The van der Waals surface area contributed by atoms with Gasteiger partial charge in [0, 0.05) is 58.4 Å². The van der Waals surface area contributed by atoms with Gasteiger partial charge in [0.25, 0.3) is 0 Å². The van der Waals surface area contributed by atoms with Crippen molar-refractivity contribution in [2.45, 2.75) is 77.0 Å². The Kier molecular flexibility index (Phi) is 32.1. The van der Waals surface area contributed by atoms with E-state index in [0.29, 0.717) is 91.0 Å². The fourth-order valence-electron chi connectivity index (χ4n) is 4.85. The van der Waals surface area contributed by atoms with Gasteiger partial charge in [-0.15, -0.1) is 49.4 Å². The van der Waals surface area contributed by atoms with Crippen molar-refractivity contribution in [2.75, 3.05) is 91.9 Å². The molecule has 0 saturated heterocycles. The highest BCUT2D eigenvalue weighted by Crippen LogP contribution is 2.07. The standard InChI is InChI=1S/C41H59N3O10/c1-6-11-33-51-38(46)19-28-43(29-20-39(47)52-34-12-7-2)24-16-15-23-42(27-18-37(45)50-32-10-5)25-17-26-44(30-21-40(48)53-35-13-8-3)31-22-41(49)54-36-14-9-4/h1-4,10H,5,11-36H2. The van der Waals surface area contributed by atoms with E-state index in [9.17, 15) is 24.0 Å². The summed E-state index contributed by atoms with van der Waals surface area (Å²) in [6.45, 7) is 8.87. The Hall–Kier alpha value is -4.79. The average Bonchev–Trinajstić information content (AvgIpc) is 3.16. The first-order valence-corrected chi connectivity index (χ1v) is 18.5. The van der Waals surface area contributed by atoms with Gasteiger partial charge in [0.15, 0.2) is 0 Å². The molecule has 0 N–H and O–H groups in total. The third kappa shape index (κ3) is 30.8. The van der Waals surface area contributed by atoms with Crippen molar-refractivity contribution in [3.8, 4) is 49.4 Å². The summed E-state index contributed by atoms with van der Waals surface area (Å²) in [5, 5.41) is 0. The number of ether oxygens (including phenoxy) is 5. The lowest BCUT2D eigenvalue weighted by Crippen LogP contribution is -2.35. The number of hydrogen-bond acceptors (Lipinski definition) is 13. The van der Waals surface area contributed by atoms with Gasteiger partial charge in [0.1, 0.15) is 33.0 Å². The minimum Gasteiger partial charge on any atom is -0.465 e. The Morgan fingerprint density at radius 1 is 0.426 bits per heavy atom. The van der Waals surface area contributed by atoms with Crippen LogP contribution in [0.4, 0.5) is 0 Å². The lowest BCUT2D eigenvalue weighted by Gasteiger charge is -2.26. The van der Waals surface area contributed by atoms with Crippen molar-refractivity contribution >= 4 is 29.8 Å².